The predicted octanol–water partition coefficient (Wildman–Crippen LogP) is 1.34. The van der Waals surface area contributed by atoms with Gasteiger partial charge in [-0.3, -0.25) is 4.79 Å². The lowest BCUT2D eigenvalue weighted by Crippen LogP contribution is -2.41. The summed E-state index contributed by atoms with van der Waals surface area (Å²) in [5.41, 5.74) is -0.677. The van der Waals surface area contributed by atoms with Crippen molar-refractivity contribution < 1.29 is 14.7 Å². The summed E-state index contributed by atoms with van der Waals surface area (Å²) in [5.74, 6) is -0.173. The lowest BCUT2D eigenvalue weighted by Gasteiger charge is -2.11. The predicted molar refractivity (Wildman–Crippen MR) is 62.6 cm³/mol. The fourth-order valence-electron chi connectivity index (χ4n) is 2.20. The summed E-state index contributed by atoms with van der Waals surface area (Å²) >= 11 is 0. The molecule has 0 aromatic rings. The van der Waals surface area contributed by atoms with E-state index in [2.05, 4.69) is 17.6 Å². The van der Waals surface area contributed by atoms with Crippen molar-refractivity contribution >= 4 is 12.0 Å². The Labute approximate surface area is 101 Å². The highest BCUT2D eigenvalue weighted by Crippen LogP contribution is 2.45. The number of amides is 2. The number of carboxylic acid groups (broad SMARTS) is 1. The fourth-order valence-corrected chi connectivity index (χ4v) is 2.20. The number of hydrogen-bond acceptors (Lipinski definition) is 2. The van der Waals surface area contributed by atoms with Crippen LogP contribution < -0.4 is 10.6 Å². The normalized spacial score (nSPS) is 28.3. The summed E-state index contributed by atoms with van der Waals surface area (Å²) in [6, 6.07) is 0.0797. The minimum atomic E-state index is -0.798. The van der Waals surface area contributed by atoms with E-state index < -0.39 is 11.4 Å². The van der Waals surface area contributed by atoms with E-state index in [0.29, 0.717) is 24.8 Å². The van der Waals surface area contributed by atoms with Crippen molar-refractivity contribution in [2.45, 2.75) is 45.1 Å². The van der Waals surface area contributed by atoms with Gasteiger partial charge in [0.25, 0.3) is 0 Å². The van der Waals surface area contributed by atoms with Crippen LogP contribution in [0.25, 0.3) is 0 Å². The SMILES string of the molecule is CCCC1CC1NC(=O)NCC1(C(=O)O)CC1. The molecular formula is C12H20N2O3. The second-order valence-corrected chi connectivity index (χ2v) is 5.30. The molecule has 2 amide bonds. The van der Waals surface area contributed by atoms with Gasteiger partial charge in [0.2, 0.25) is 0 Å². The molecular weight excluding hydrogens is 220 g/mol. The lowest BCUT2D eigenvalue weighted by atomic mass is 10.1. The van der Waals surface area contributed by atoms with Gasteiger partial charge in [0.05, 0.1) is 5.41 Å². The van der Waals surface area contributed by atoms with E-state index in [1.807, 2.05) is 0 Å². The maximum Gasteiger partial charge on any atom is 0.315 e. The molecule has 2 rings (SSSR count). The molecule has 0 spiro atoms. The highest BCUT2D eigenvalue weighted by atomic mass is 16.4. The first kappa shape index (κ1) is 12.2. The van der Waals surface area contributed by atoms with Gasteiger partial charge in [-0.2, -0.15) is 0 Å². The molecule has 0 aromatic heterocycles. The molecule has 2 fully saturated rings. The summed E-state index contributed by atoms with van der Waals surface area (Å²) in [7, 11) is 0. The molecule has 0 heterocycles. The molecule has 0 bridgehead atoms. The smallest absolute Gasteiger partial charge is 0.315 e. The number of carbonyl (C=O) groups excluding carboxylic acids is 1. The number of carboxylic acids is 1. The highest BCUT2D eigenvalue weighted by Gasteiger charge is 2.50. The zero-order valence-electron chi connectivity index (χ0n) is 10.2. The van der Waals surface area contributed by atoms with Crippen molar-refractivity contribution in [1.29, 1.82) is 0 Å². The number of urea groups is 1. The van der Waals surface area contributed by atoms with E-state index in [-0.39, 0.29) is 12.6 Å². The Balaban J connectivity index is 1.64. The summed E-state index contributed by atoms with van der Waals surface area (Å²) in [4.78, 5) is 22.4. The second-order valence-electron chi connectivity index (χ2n) is 5.30. The average Bonchev–Trinajstić information content (AvgIpc) is 3.13. The molecule has 5 nitrogen and oxygen atoms in total. The third kappa shape index (κ3) is 2.90. The van der Waals surface area contributed by atoms with Gasteiger partial charge in [0, 0.05) is 12.6 Å². The van der Waals surface area contributed by atoms with Gasteiger partial charge in [-0.1, -0.05) is 13.3 Å². The summed E-state index contributed by atoms with van der Waals surface area (Å²) in [6.45, 7) is 2.39. The minimum absolute atomic E-state index is 0.221. The molecule has 2 unspecified atom stereocenters. The topological polar surface area (TPSA) is 78.4 Å². The third-order valence-electron chi connectivity index (χ3n) is 3.79. The van der Waals surface area contributed by atoms with E-state index in [9.17, 15) is 9.59 Å². The summed E-state index contributed by atoms with van der Waals surface area (Å²) in [6.07, 6.45) is 4.71. The van der Waals surface area contributed by atoms with Crippen LogP contribution in [0.5, 0.6) is 0 Å². The van der Waals surface area contributed by atoms with Crippen LogP contribution in [0.2, 0.25) is 0 Å². The second kappa shape index (κ2) is 4.55. The molecule has 2 aliphatic carbocycles. The highest BCUT2D eigenvalue weighted by molar-refractivity contribution is 5.80. The molecule has 0 aromatic carbocycles. The molecule has 0 saturated heterocycles. The maximum atomic E-state index is 11.5. The quantitative estimate of drug-likeness (QED) is 0.655. The number of aliphatic carboxylic acids is 1. The molecule has 2 atom stereocenters. The Hall–Kier alpha value is -1.26. The van der Waals surface area contributed by atoms with Crippen LogP contribution in [0.4, 0.5) is 4.79 Å². The molecule has 2 aliphatic rings. The average molecular weight is 240 g/mol. The maximum absolute atomic E-state index is 11.5. The van der Waals surface area contributed by atoms with Crippen molar-refractivity contribution in [3.05, 3.63) is 0 Å². The van der Waals surface area contributed by atoms with Gasteiger partial charge in [-0.25, -0.2) is 4.79 Å². The van der Waals surface area contributed by atoms with Crippen LogP contribution in [0.15, 0.2) is 0 Å². The molecule has 2 saturated carbocycles. The monoisotopic (exact) mass is 240 g/mol. The Morgan fingerprint density at radius 1 is 1.41 bits per heavy atom. The third-order valence-corrected chi connectivity index (χ3v) is 3.79. The number of rotatable bonds is 6. The standard InChI is InChI=1S/C12H20N2O3/c1-2-3-8-6-9(8)14-11(17)13-7-12(4-5-12)10(15)16/h8-9H,2-7H2,1H3,(H,15,16)(H2,13,14,17). The Kier molecular flexibility index (Phi) is 3.26. The summed E-state index contributed by atoms with van der Waals surface area (Å²) < 4.78 is 0. The number of carbonyl (C=O) groups is 2. The van der Waals surface area contributed by atoms with Crippen molar-refractivity contribution in [3.63, 3.8) is 0 Å². The molecule has 17 heavy (non-hydrogen) atoms. The zero-order chi connectivity index (χ0) is 12.5. The van der Waals surface area contributed by atoms with Crippen LogP contribution in [-0.4, -0.2) is 29.7 Å². The molecule has 0 aliphatic heterocycles. The van der Waals surface area contributed by atoms with Gasteiger partial charge in [0.1, 0.15) is 0 Å². The molecule has 5 heteroatoms. The van der Waals surface area contributed by atoms with Gasteiger partial charge in [-0.05, 0) is 31.6 Å². The van der Waals surface area contributed by atoms with Crippen LogP contribution in [-0.2, 0) is 4.79 Å². The van der Waals surface area contributed by atoms with E-state index in [1.54, 1.807) is 0 Å². The first-order valence-corrected chi connectivity index (χ1v) is 6.35. The Morgan fingerprint density at radius 3 is 2.65 bits per heavy atom. The largest absolute Gasteiger partial charge is 0.481 e. The van der Waals surface area contributed by atoms with E-state index in [1.165, 1.54) is 0 Å². The number of nitrogens with one attached hydrogen (secondary N) is 2. The van der Waals surface area contributed by atoms with Gasteiger partial charge in [-0.15, -0.1) is 0 Å². The summed E-state index contributed by atoms with van der Waals surface area (Å²) in [5, 5.41) is 14.5. The minimum Gasteiger partial charge on any atom is -0.481 e. The fraction of sp³-hybridized carbons (Fsp3) is 0.833. The van der Waals surface area contributed by atoms with Crippen molar-refractivity contribution in [1.82, 2.24) is 10.6 Å². The van der Waals surface area contributed by atoms with Crippen LogP contribution in [0.3, 0.4) is 0 Å². The van der Waals surface area contributed by atoms with Gasteiger partial charge in [0.15, 0.2) is 0 Å². The van der Waals surface area contributed by atoms with Crippen molar-refractivity contribution in [2.75, 3.05) is 6.54 Å². The lowest BCUT2D eigenvalue weighted by molar-refractivity contribution is -0.143. The van der Waals surface area contributed by atoms with E-state index >= 15 is 0 Å². The molecule has 3 N–H and O–H groups in total. The van der Waals surface area contributed by atoms with Crippen LogP contribution >= 0.6 is 0 Å². The Bertz CT molecular complexity index is 326. The van der Waals surface area contributed by atoms with Gasteiger partial charge < -0.3 is 15.7 Å². The van der Waals surface area contributed by atoms with Crippen molar-refractivity contribution in [3.8, 4) is 0 Å². The van der Waals surface area contributed by atoms with E-state index in [4.69, 9.17) is 5.11 Å². The first-order valence-electron chi connectivity index (χ1n) is 6.35. The van der Waals surface area contributed by atoms with E-state index in [0.717, 1.165) is 19.3 Å². The van der Waals surface area contributed by atoms with Crippen LogP contribution in [0.1, 0.15) is 39.0 Å². The first-order chi connectivity index (χ1) is 8.07. The molecule has 0 radical (unpaired) electrons. The van der Waals surface area contributed by atoms with Crippen LogP contribution in [0, 0.1) is 11.3 Å². The zero-order valence-corrected chi connectivity index (χ0v) is 10.2. The van der Waals surface area contributed by atoms with Gasteiger partial charge >= 0.3 is 12.0 Å². The molecule has 96 valence electrons. The number of hydrogen-bond donors (Lipinski definition) is 3. The van der Waals surface area contributed by atoms with Crippen molar-refractivity contribution in [2.24, 2.45) is 11.3 Å². The Morgan fingerprint density at radius 2 is 2.12 bits per heavy atom.